The lowest BCUT2D eigenvalue weighted by Crippen LogP contribution is -2.04. The van der Waals surface area contributed by atoms with E-state index in [9.17, 15) is 9.90 Å². The van der Waals surface area contributed by atoms with Crippen LogP contribution in [0, 0.1) is 0 Å². The standard InChI is InChI=1S/C15H14O3/c1-2-15(17)18-10-9-11-7-8-14(16)13-6-4-3-5-12(11)13/h2-8,16H,1,9-10H2. The molecule has 0 saturated carbocycles. The Labute approximate surface area is 105 Å². The van der Waals surface area contributed by atoms with E-state index in [1.165, 1.54) is 0 Å². The lowest BCUT2D eigenvalue weighted by Gasteiger charge is -2.08. The van der Waals surface area contributed by atoms with Crippen LogP contribution in [0.5, 0.6) is 5.75 Å². The zero-order chi connectivity index (χ0) is 13.0. The van der Waals surface area contributed by atoms with E-state index >= 15 is 0 Å². The predicted molar refractivity (Wildman–Crippen MR) is 70.5 cm³/mol. The highest BCUT2D eigenvalue weighted by molar-refractivity contribution is 5.90. The smallest absolute Gasteiger partial charge is 0.330 e. The van der Waals surface area contributed by atoms with Crippen molar-refractivity contribution in [2.24, 2.45) is 0 Å². The number of hydrogen-bond donors (Lipinski definition) is 1. The third kappa shape index (κ3) is 2.51. The molecule has 0 spiro atoms. The molecule has 0 atom stereocenters. The van der Waals surface area contributed by atoms with Crippen LogP contribution < -0.4 is 0 Å². The summed E-state index contributed by atoms with van der Waals surface area (Å²) in [6, 6.07) is 11.1. The number of rotatable bonds is 4. The van der Waals surface area contributed by atoms with Crippen LogP contribution in [-0.2, 0) is 16.0 Å². The summed E-state index contributed by atoms with van der Waals surface area (Å²) in [4.78, 5) is 10.9. The number of carbonyl (C=O) groups excluding carboxylic acids is 1. The summed E-state index contributed by atoms with van der Waals surface area (Å²) in [5.41, 5.74) is 1.04. The van der Waals surface area contributed by atoms with Gasteiger partial charge in [0.2, 0.25) is 0 Å². The van der Waals surface area contributed by atoms with Crippen molar-refractivity contribution in [3.05, 3.63) is 54.6 Å². The summed E-state index contributed by atoms with van der Waals surface area (Å²) < 4.78 is 4.95. The van der Waals surface area contributed by atoms with Crippen LogP contribution in [0.2, 0.25) is 0 Å². The molecule has 0 saturated heterocycles. The Morgan fingerprint density at radius 1 is 1.22 bits per heavy atom. The van der Waals surface area contributed by atoms with Crippen LogP contribution in [0.25, 0.3) is 10.8 Å². The summed E-state index contributed by atoms with van der Waals surface area (Å²) in [5, 5.41) is 11.5. The topological polar surface area (TPSA) is 46.5 Å². The molecule has 0 aliphatic carbocycles. The van der Waals surface area contributed by atoms with Crippen LogP contribution in [-0.4, -0.2) is 17.7 Å². The van der Waals surface area contributed by atoms with Gasteiger partial charge in [-0.3, -0.25) is 0 Å². The van der Waals surface area contributed by atoms with E-state index in [0.717, 1.165) is 22.4 Å². The molecule has 2 rings (SSSR count). The van der Waals surface area contributed by atoms with Gasteiger partial charge in [-0.15, -0.1) is 0 Å². The first-order valence-electron chi connectivity index (χ1n) is 5.71. The highest BCUT2D eigenvalue weighted by Crippen LogP contribution is 2.27. The zero-order valence-corrected chi connectivity index (χ0v) is 9.93. The number of fused-ring (bicyclic) bond motifs is 1. The first-order chi connectivity index (χ1) is 8.72. The van der Waals surface area contributed by atoms with Crippen molar-refractivity contribution in [1.29, 1.82) is 0 Å². The molecule has 0 unspecified atom stereocenters. The normalized spacial score (nSPS) is 10.2. The van der Waals surface area contributed by atoms with E-state index in [0.29, 0.717) is 13.0 Å². The maximum absolute atomic E-state index is 10.9. The number of carbonyl (C=O) groups is 1. The monoisotopic (exact) mass is 242 g/mol. The molecule has 0 fully saturated rings. The van der Waals surface area contributed by atoms with Gasteiger partial charge in [-0.05, 0) is 17.0 Å². The molecule has 3 heteroatoms. The van der Waals surface area contributed by atoms with Crippen molar-refractivity contribution in [2.75, 3.05) is 6.61 Å². The molecule has 2 aromatic carbocycles. The van der Waals surface area contributed by atoms with Gasteiger partial charge in [0.1, 0.15) is 5.75 Å². The molecular formula is C15H14O3. The molecule has 0 aromatic heterocycles. The van der Waals surface area contributed by atoms with Gasteiger partial charge >= 0.3 is 5.97 Å². The Morgan fingerprint density at radius 3 is 2.67 bits per heavy atom. The summed E-state index contributed by atoms with van der Waals surface area (Å²) in [6.07, 6.45) is 1.76. The molecule has 92 valence electrons. The SMILES string of the molecule is C=CC(=O)OCCc1ccc(O)c2ccccc12. The molecule has 0 amide bonds. The van der Waals surface area contributed by atoms with Gasteiger partial charge in [-0.25, -0.2) is 4.79 Å². The first-order valence-corrected chi connectivity index (χ1v) is 5.71. The second kappa shape index (κ2) is 5.36. The highest BCUT2D eigenvalue weighted by atomic mass is 16.5. The number of esters is 1. The van der Waals surface area contributed by atoms with Crippen LogP contribution >= 0.6 is 0 Å². The molecule has 0 bridgehead atoms. The summed E-state index contributed by atoms with van der Waals surface area (Å²) in [5.74, 6) is -0.157. The summed E-state index contributed by atoms with van der Waals surface area (Å²) in [7, 11) is 0. The van der Waals surface area contributed by atoms with Crippen LogP contribution in [0.1, 0.15) is 5.56 Å². The summed E-state index contributed by atoms with van der Waals surface area (Å²) >= 11 is 0. The molecule has 2 aromatic rings. The van der Waals surface area contributed by atoms with Gasteiger partial charge in [0.05, 0.1) is 6.61 Å². The van der Waals surface area contributed by atoms with Gasteiger partial charge in [-0.2, -0.15) is 0 Å². The fourth-order valence-corrected chi connectivity index (χ4v) is 1.88. The number of hydrogen-bond acceptors (Lipinski definition) is 3. The lowest BCUT2D eigenvalue weighted by molar-refractivity contribution is -0.137. The minimum absolute atomic E-state index is 0.262. The molecule has 3 nitrogen and oxygen atoms in total. The molecule has 0 aliphatic heterocycles. The molecule has 0 aliphatic rings. The highest BCUT2D eigenvalue weighted by Gasteiger charge is 2.05. The Hall–Kier alpha value is -2.29. The minimum Gasteiger partial charge on any atom is -0.507 e. The van der Waals surface area contributed by atoms with E-state index in [4.69, 9.17) is 4.74 Å². The van der Waals surface area contributed by atoms with E-state index in [2.05, 4.69) is 6.58 Å². The van der Waals surface area contributed by atoms with Gasteiger partial charge in [-0.1, -0.05) is 36.9 Å². The van der Waals surface area contributed by atoms with Crippen molar-refractivity contribution < 1.29 is 14.6 Å². The average Bonchev–Trinajstić information content (AvgIpc) is 2.41. The fourth-order valence-electron chi connectivity index (χ4n) is 1.88. The van der Waals surface area contributed by atoms with Crippen molar-refractivity contribution in [3.8, 4) is 5.75 Å². The quantitative estimate of drug-likeness (QED) is 0.662. The second-order valence-electron chi connectivity index (χ2n) is 3.91. The largest absolute Gasteiger partial charge is 0.507 e. The second-order valence-corrected chi connectivity index (χ2v) is 3.91. The van der Waals surface area contributed by atoms with E-state index in [1.54, 1.807) is 6.07 Å². The number of benzene rings is 2. The van der Waals surface area contributed by atoms with Crippen molar-refractivity contribution >= 4 is 16.7 Å². The van der Waals surface area contributed by atoms with Crippen LogP contribution in [0.4, 0.5) is 0 Å². The first kappa shape index (κ1) is 12.2. The summed E-state index contributed by atoms with van der Waals surface area (Å²) in [6.45, 7) is 3.65. The lowest BCUT2D eigenvalue weighted by atomic mass is 10.0. The Bertz CT molecular complexity index is 587. The minimum atomic E-state index is -0.418. The average molecular weight is 242 g/mol. The molecule has 1 N–H and O–H groups in total. The van der Waals surface area contributed by atoms with Crippen LogP contribution in [0.15, 0.2) is 49.1 Å². The van der Waals surface area contributed by atoms with E-state index in [1.807, 2.05) is 30.3 Å². The van der Waals surface area contributed by atoms with Crippen molar-refractivity contribution in [2.45, 2.75) is 6.42 Å². The third-order valence-corrected chi connectivity index (χ3v) is 2.77. The third-order valence-electron chi connectivity index (χ3n) is 2.77. The Morgan fingerprint density at radius 2 is 1.94 bits per heavy atom. The molecule has 0 heterocycles. The van der Waals surface area contributed by atoms with Crippen molar-refractivity contribution in [1.82, 2.24) is 0 Å². The number of aromatic hydroxyl groups is 1. The van der Waals surface area contributed by atoms with Gasteiger partial charge in [0.25, 0.3) is 0 Å². The van der Waals surface area contributed by atoms with Gasteiger partial charge in [0, 0.05) is 17.9 Å². The van der Waals surface area contributed by atoms with E-state index in [-0.39, 0.29) is 5.75 Å². The molecular weight excluding hydrogens is 228 g/mol. The molecule has 0 radical (unpaired) electrons. The van der Waals surface area contributed by atoms with Crippen molar-refractivity contribution in [3.63, 3.8) is 0 Å². The van der Waals surface area contributed by atoms with Crippen LogP contribution in [0.3, 0.4) is 0 Å². The van der Waals surface area contributed by atoms with Gasteiger partial charge in [0.15, 0.2) is 0 Å². The van der Waals surface area contributed by atoms with E-state index < -0.39 is 5.97 Å². The number of phenolic OH excluding ortho intramolecular Hbond substituents is 1. The predicted octanol–water partition coefficient (Wildman–Crippen LogP) is 2.82. The zero-order valence-electron chi connectivity index (χ0n) is 9.93. The Balaban J connectivity index is 2.21. The van der Waals surface area contributed by atoms with Gasteiger partial charge < -0.3 is 9.84 Å². The molecule has 18 heavy (non-hydrogen) atoms. The fraction of sp³-hybridized carbons (Fsp3) is 0.133. The maximum Gasteiger partial charge on any atom is 0.330 e. The maximum atomic E-state index is 10.9. The number of phenols is 1. The number of ether oxygens (including phenoxy) is 1. The Kier molecular flexibility index (Phi) is 3.63.